The summed E-state index contributed by atoms with van der Waals surface area (Å²) in [6, 6.07) is 0. The Labute approximate surface area is 78.6 Å². The van der Waals surface area contributed by atoms with Crippen molar-refractivity contribution in [3.05, 3.63) is 18.7 Å². The largest absolute Gasteiger partial charge is 0.330 e. The van der Waals surface area contributed by atoms with Crippen molar-refractivity contribution in [3.8, 4) is 0 Å². The number of aromatic nitrogens is 2. The van der Waals surface area contributed by atoms with E-state index >= 15 is 0 Å². The molecule has 0 aliphatic carbocycles. The minimum absolute atomic E-state index is 0.755. The van der Waals surface area contributed by atoms with Crippen LogP contribution in [0.25, 0.3) is 0 Å². The predicted molar refractivity (Wildman–Crippen MR) is 52.2 cm³/mol. The second-order valence-corrected chi connectivity index (χ2v) is 3.20. The van der Waals surface area contributed by atoms with Crippen LogP contribution in [0.4, 0.5) is 0 Å². The quantitative estimate of drug-likeness (QED) is 0.495. The van der Waals surface area contributed by atoms with Crippen LogP contribution in [-0.4, -0.2) is 16.9 Å². The first kappa shape index (κ1) is 9.61. The fourth-order valence-corrected chi connectivity index (χ4v) is 1.32. The molecule has 0 saturated heterocycles. The molecule has 0 atom stereocenters. The van der Waals surface area contributed by atoms with E-state index in [2.05, 4.69) is 40.5 Å². The van der Waals surface area contributed by atoms with Gasteiger partial charge in [0.05, 0.1) is 13.1 Å². The van der Waals surface area contributed by atoms with Crippen LogP contribution < -0.4 is 10.3 Å². The molecule has 2 N–H and O–H groups in total. The molecule has 0 unspecified atom stereocenters. The minimum atomic E-state index is 0.755. The number of thiol groups is 1. The van der Waals surface area contributed by atoms with Crippen LogP contribution in [0.1, 0.15) is 6.42 Å². The third-order valence-corrected chi connectivity index (χ3v) is 1.92. The summed E-state index contributed by atoms with van der Waals surface area (Å²) >= 11 is 4.16. The molecule has 68 valence electrons. The molecular formula is C8H16N3S+. The van der Waals surface area contributed by atoms with Crippen molar-refractivity contribution in [3.63, 3.8) is 0 Å². The molecule has 0 aromatic carbocycles. The molecular weight excluding hydrogens is 170 g/mol. The lowest BCUT2D eigenvalue weighted by atomic mass is 10.4. The first-order chi connectivity index (χ1) is 5.86. The minimum Gasteiger partial charge on any atom is -0.330 e. The maximum Gasteiger partial charge on any atom is 0.243 e. The zero-order valence-electron chi connectivity index (χ0n) is 7.19. The van der Waals surface area contributed by atoms with Crippen LogP contribution in [0.3, 0.4) is 0 Å². The number of nitrogens with two attached hydrogens (primary N) is 1. The lowest BCUT2D eigenvalue weighted by molar-refractivity contribution is -0.696. The SMILES string of the molecule is NCCC[n+]1ccn(CCS)c1. The standard InChI is InChI=1S/C8H15N3S/c9-2-1-3-10-4-5-11(8-10)6-7-12/h4-5,8H,1-3,6-7,9H2/p+1. The summed E-state index contributed by atoms with van der Waals surface area (Å²) in [6.45, 7) is 2.74. The highest BCUT2D eigenvalue weighted by atomic mass is 32.1. The van der Waals surface area contributed by atoms with Gasteiger partial charge in [-0.05, 0) is 13.0 Å². The van der Waals surface area contributed by atoms with Gasteiger partial charge < -0.3 is 5.73 Å². The summed E-state index contributed by atoms with van der Waals surface area (Å²) in [5, 5.41) is 0. The van der Waals surface area contributed by atoms with Gasteiger partial charge in [0.25, 0.3) is 0 Å². The highest BCUT2D eigenvalue weighted by Gasteiger charge is 2.00. The summed E-state index contributed by atoms with van der Waals surface area (Å²) in [6.07, 6.45) is 7.26. The summed E-state index contributed by atoms with van der Waals surface area (Å²) in [5.41, 5.74) is 5.41. The molecule has 1 aromatic heterocycles. The van der Waals surface area contributed by atoms with Crippen molar-refractivity contribution in [2.45, 2.75) is 19.5 Å². The summed E-state index contributed by atoms with van der Waals surface area (Å²) in [4.78, 5) is 0. The van der Waals surface area contributed by atoms with E-state index in [0.717, 1.165) is 31.8 Å². The lowest BCUT2D eigenvalue weighted by Gasteiger charge is -1.92. The van der Waals surface area contributed by atoms with Crippen molar-refractivity contribution in [2.24, 2.45) is 5.73 Å². The van der Waals surface area contributed by atoms with Crippen LogP contribution in [0.15, 0.2) is 18.7 Å². The second kappa shape index (κ2) is 5.22. The van der Waals surface area contributed by atoms with E-state index in [0.29, 0.717) is 0 Å². The highest BCUT2D eigenvalue weighted by Crippen LogP contribution is 1.87. The summed E-state index contributed by atoms with van der Waals surface area (Å²) in [7, 11) is 0. The average molecular weight is 186 g/mol. The van der Waals surface area contributed by atoms with Crippen LogP contribution in [0, 0.1) is 0 Å². The van der Waals surface area contributed by atoms with Crippen LogP contribution in [0.2, 0.25) is 0 Å². The number of hydrogen-bond acceptors (Lipinski definition) is 2. The van der Waals surface area contributed by atoms with Gasteiger partial charge in [-0.1, -0.05) is 0 Å². The smallest absolute Gasteiger partial charge is 0.243 e. The Balaban J connectivity index is 2.41. The molecule has 1 rings (SSSR count). The Morgan fingerprint density at radius 3 is 3.00 bits per heavy atom. The first-order valence-corrected chi connectivity index (χ1v) is 4.86. The Morgan fingerprint density at radius 1 is 1.50 bits per heavy atom. The Bertz CT molecular complexity index is 222. The van der Waals surface area contributed by atoms with Gasteiger partial charge in [-0.2, -0.15) is 12.6 Å². The molecule has 0 amide bonds. The van der Waals surface area contributed by atoms with Gasteiger partial charge in [0.15, 0.2) is 0 Å². The molecule has 0 radical (unpaired) electrons. The Morgan fingerprint density at radius 2 is 2.33 bits per heavy atom. The number of imidazole rings is 1. The summed E-state index contributed by atoms with van der Waals surface area (Å²) < 4.78 is 4.28. The molecule has 0 aliphatic heterocycles. The third-order valence-electron chi connectivity index (χ3n) is 1.72. The zero-order valence-corrected chi connectivity index (χ0v) is 8.08. The monoisotopic (exact) mass is 186 g/mol. The zero-order chi connectivity index (χ0) is 8.81. The molecule has 0 fully saturated rings. The fraction of sp³-hybridized carbons (Fsp3) is 0.625. The first-order valence-electron chi connectivity index (χ1n) is 4.22. The van der Waals surface area contributed by atoms with E-state index in [9.17, 15) is 0 Å². The fourth-order valence-electron chi connectivity index (χ4n) is 1.09. The van der Waals surface area contributed by atoms with Gasteiger partial charge >= 0.3 is 0 Å². The molecule has 1 heterocycles. The molecule has 0 bridgehead atoms. The number of aryl methyl sites for hydroxylation is 2. The van der Waals surface area contributed by atoms with Gasteiger partial charge in [0.1, 0.15) is 12.4 Å². The van der Waals surface area contributed by atoms with Gasteiger partial charge in [-0.15, -0.1) is 0 Å². The van der Waals surface area contributed by atoms with Crippen molar-refractivity contribution in [1.29, 1.82) is 0 Å². The van der Waals surface area contributed by atoms with Gasteiger partial charge in [0, 0.05) is 5.75 Å². The molecule has 0 saturated carbocycles. The van der Waals surface area contributed by atoms with E-state index in [1.807, 2.05) is 0 Å². The number of hydrogen-bond donors (Lipinski definition) is 2. The number of nitrogens with zero attached hydrogens (tertiary/aromatic N) is 2. The van der Waals surface area contributed by atoms with E-state index in [-0.39, 0.29) is 0 Å². The van der Waals surface area contributed by atoms with Crippen molar-refractivity contribution < 1.29 is 4.57 Å². The van der Waals surface area contributed by atoms with Crippen LogP contribution in [-0.2, 0) is 13.1 Å². The molecule has 0 spiro atoms. The Hall–Kier alpha value is -0.480. The van der Waals surface area contributed by atoms with E-state index < -0.39 is 0 Å². The Kier molecular flexibility index (Phi) is 4.18. The molecule has 4 heteroatoms. The van der Waals surface area contributed by atoms with Gasteiger partial charge in [-0.3, -0.25) is 0 Å². The van der Waals surface area contributed by atoms with Crippen molar-refractivity contribution in [2.75, 3.05) is 12.3 Å². The highest BCUT2D eigenvalue weighted by molar-refractivity contribution is 7.80. The van der Waals surface area contributed by atoms with Crippen molar-refractivity contribution in [1.82, 2.24) is 4.57 Å². The maximum absolute atomic E-state index is 5.41. The van der Waals surface area contributed by atoms with E-state index in [1.165, 1.54) is 0 Å². The van der Waals surface area contributed by atoms with Crippen molar-refractivity contribution >= 4 is 12.6 Å². The molecule has 1 aromatic rings. The molecule has 12 heavy (non-hydrogen) atoms. The normalized spacial score (nSPS) is 10.5. The lowest BCUT2D eigenvalue weighted by Crippen LogP contribution is -2.32. The maximum atomic E-state index is 5.41. The number of rotatable bonds is 5. The van der Waals surface area contributed by atoms with Crippen LogP contribution >= 0.6 is 12.6 Å². The topological polar surface area (TPSA) is 34.8 Å². The molecule has 3 nitrogen and oxygen atoms in total. The van der Waals surface area contributed by atoms with Gasteiger partial charge in [0.2, 0.25) is 6.33 Å². The molecule has 0 aliphatic rings. The van der Waals surface area contributed by atoms with Crippen LogP contribution in [0.5, 0.6) is 0 Å². The average Bonchev–Trinajstić information content (AvgIpc) is 2.50. The van der Waals surface area contributed by atoms with Gasteiger partial charge in [-0.25, -0.2) is 9.13 Å². The second-order valence-electron chi connectivity index (χ2n) is 2.76. The van der Waals surface area contributed by atoms with E-state index in [1.54, 1.807) is 0 Å². The summed E-state index contributed by atoms with van der Waals surface area (Å²) in [5.74, 6) is 0.881. The predicted octanol–water partition coefficient (Wildman–Crippen LogP) is 0.0542. The van der Waals surface area contributed by atoms with E-state index in [4.69, 9.17) is 5.73 Å². The third kappa shape index (κ3) is 2.87.